The Bertz CT molecular complexity index is 356. The normalized spacial score (nSPS) is 14.2. The van der Waals surface area contributed by atoms with Gasteiger partial charge in [-0.2, -0.15) is 0 Å². The van der Waals surface area contributed by atoms with Gasteiger partial charge < -0.3 is 5.11 Å². The topological polar surface area (TPSA) is 20.2 Å². The van der Waals surface area contributed by atoms with Crippen LogP contribution < -0.4 is 0 Å². The Kier molecular flexibility index (Phi) is 8.25. The fraction of sp³-hybridized carbons (Fsp3) is 0.667. The summed E-state index contributed by atoms with van der Waals surface area (Å²) >= 11 is 5.87. The first-order valence-corrected chi connectivity index (χ1v) is 8.38. The third kappa shape index (κ3) is 7.91. The second-order valence-corrected chi connectivity index (χ2v) is 6.61. The summed E-state index contributed by atoms with van der Waals surface area (Å²) in [6.07, 6.45) is 10.6. The number of unbranched alkanes of at least 4 members (excludes halogenated alkanes) is 6. The van der Waals surface area contributed by atoms with E-state index >= 15 is 0 Å². The number of hydrogen-bond donors (Lipinski definition) is 1. The molecule has 0 fully saturated rings. The summed E-state index contributed by atoms with van der Waals surface area (Å²) in [5.41, 5.74) is 0.555. The molecule has 2 heteroatoms. The van der Waals surface area contributed by atoms with Crippen LogP contribution in [0.2, 0.25) is 5.02 Å². The summed E-state index contributed by atoms with van der Waals surface area (Å²) in [7, 11) is 0. The van der Waals surface area contributed by atoms with E-state index in [9.17, 15) is 5.11 Å². The third-order valence-corrected chi connectivity index (χ3v) is 4.07. The predicted molar refractivity (Wildman–Crippen MR) is 88.4 cm³/mol. The van der Waals surface area contributed by atoms with Crippen molar-refractivity contribution in [3.8, 4) is 0 Å². The summed E-state index contributed by atoms with van der Waals surface area (Å²) in [4.78, 5) is 0. The van der Waals surface area contributed by atoms with Crippen LogP contribution >= 0.6 is 11.6 Å². The SMILES string of the molecule is CCCCCCCCCC(C)(O)Cc1ccc(Cl)cc1. The fourth-order valence-corrected chi connectivity index (χ4v) is 2.72. The lowest BCUT2D eigenvalue weighted by atomic mass is 9.91. The molecule has 0 bridgehead atoms. The van der Waals surface area contributed by atoms with Gasteiger partial charge in [-0.15, -0.1) is 0 Å². The second kappa shape index (κ2) is 9.41. The molecule has 0 aromatic heterocycles. The van der Waals surface area contributed by atoms with Gasteiger partial charge in [0.1, 0.15) is 0 Å². The van der Waals surface area contributed by atoms with Gasteiger partial charge in [-0.05, 0) is 31.0 Å². The average molecular weight is 297 g/mol. The van der Waals surface area contributed by atoms with Crippen LogP contribution in [0, 0.1) is 0 Å². The number of rotatable bonds is 10. The molecule has 1 atom stereocenters. The molecule has 20 heavy (non-hydrogen) atoms. The van der Waals surface area contributed by atoms with Crippen molar-refractivity contribution in [1.82, 2.24) is 0 Å². The highest BCUT2D eigenvalue weighted by molar-refractivity contribution is 6.30. The van der Waals surface area contributed by atoms with Crippen molar-refractivity contribution < 1.29 is 5.11 Å². The second-order valence-electron chi connectivity index (χ2n) is 6.17. The van der Waals surface area contributed by atoms with Crippen LogP contribution in [-0.2, 0) is 6.42 Å². The minimum Gasteiger partial charge on any atom is -0.390 e. The first-order chi connectivity index (χ1) is 9.53. The van der Waals surface area contributed by atoms with E-state index in [1.807, 2.05) is 31.2 Å². The smallest absolute Gasteiger partial charge is 0.0660 e. The Balaban J connectivity index is 2.19. The lowest BCUT2D eigenvalue weighted by Crippen LogP contribution is -2.26. The summed E-state index contributed by atoms with van der Waals surface area (Å²) in [5.74, 6) is 0. The van der Waals surface area contributed by atoms with Crippen molar-refractivity contribution in [2.75, 3.05) is 0 Å². The van der Waals surface area contributed by atoms with Gasteiger partial charge in [0.05, 0.1) is 5.60 Å². The van der Waals surface area contributed by atoms with Crippen LogP contribution in [0.1, 0.15) is 70.8 Å². The van der Waals surface area contributed by atoms with E-state index in [2.05, 4.69) is 6.92 Å². The zero-order valence-corrected chi connectivity index (χ0v) is 13.8. The molecule has 1 rings (SSSR count). The van der Waals surface area contributed by atoms with Gasteiger partial charge in [-0.1, -0.05) is 75.6 Å². The van der Waals surface area contributed by atoms with Crippen molar-refractivity contribution in [3.63, 3.8) is 0 Å². The quantitative estimate of drug-likeness (QED) is 0.543. The van der Waals surface area contributed by atoms with E-state index in [0.29, 0.717) is 6.42 Å². The molecule has 0 heterocycles. The average Bonchev–Trinajstić information content (AvgIpc) is 2.40. The Morgan fingerprint density at radius 1 is 0.950 bits per heavy atom. The molecule has 0 aliphatic carbocycles. The van der Waals surface area contributed by atoms with E-state index in [4.69, 9.17) is 11.6 Å². The van der Waals surface area contributed by atoms with Crippen molar-refractivity contribution in [2.24, 2.45) is 0 Å². The van der Waals surface area contributed by atoms with Gasteiger partial charge >= 0.3 is 0 Å². The van der Waals surface area contributed by atoms with Gasteiger partial charge in [-0.25, -0.2) is 0 Å². The highest BCUT2D eigenvalue weighted by Gasteiger charge is 2.20. The molecular formula is C18H29ClO. The fourth-order valence-electron chi connectivity index (χ4n) is 2.59. The first kappa shape index (κ1) is 17.5. The van der Waals surface area contributed by atoms with Gasteiger partial charge in [-0.3, -0.25) is 0 Å². The minimum atomic E-state index is -0.600. The van der Waals surface area contributed by atoms with Crippen molar-refractivity contribution >= 4 is 11.6 Å². The molecule has 114 valence electrons. The predicted octanol–water partition coefficient (Wildman–Crippen LogP) is 5.77. The van der Waals surface area contributed by atoms with Crippen LogP contribution in [0.5, 0.6) is 0 Å². The highest BCUT2D eigenvalue weighted by atomic mass is 35.5. The summed E-state index contributed by atoms with van der Waals surface area (Å²) < 4.78 is 0. The van der Waals surface area contributed by atoms with Gasteiger partial charge in [0.25, 0.3) is 0 Å². The lowest BCUT2D eigenvalue weighted by molar-refractivity contribution is 0.0484. The molecule has 0 radical (unpaired) electrons. The number of benzene rings is 1. The zero-order valence-electron chi connectivity index (χ0n) is 13.0. The Labute approximate surface area is 129 Å². The van der Waals surface area contributed by atoms with Gasteiger partial charge in [0.2, 0.25) is 0 Å². The highest BCUT2D eigenvalue weighted by Crippen LogP contribution is 2.22. The number of hydrogen-bond acceptors (Lipinski definition) is 1. The van der Waals surface area contributed by atoms with Gasteiger partial charge in [0, 0.05) is 11.4 Å². The van der Waals surface area contributed by atoms with E-state index in [1.165, 1.54) is 38.5 Å². The third-order valence-electron chi connectivity index (χ3n) is 3.82. The van der Waals surface area contributed by atoms with Crippen molar-refractivity contribution in [3.05, 3.63) is 34.9 Å². The van der Waals surface area contributed by atoms with Crippen LogP contribution in [-0.4, -0.2) is 10.7 Å². The molecule has 1 unspecified atom stereocenters. The molecule has 0 saturated carbocycles. The summed E-state index contributed by atoms with van der Waals surface area (Å²) in [6, 6.07) is 7.78. The lowest BCUT2D eigenvalue weighted by Gasteiger charge is -2.23. The van der Waals surface area contributed by atoms with Crippen LogP contribution in [0.4, 0.5) is 0 Å². The van der Waals surface area contributed by atoms with E-state index in [-0.39, 0.29) is 0 Å². The largest absolute Gasteiger partial charge is 0.390 e. The summed E-state index contributed by atoms with van der Waals surface area (Å²) in [5, 5.41) is 11.2. The van der Waals surface area contributed by atoms with Crippen LogP contribution in [0.15, 0.2) is 24.3 Å². The molecule has 1 nitrogen and oxygen atoms in total. The molecular weight excluding hydrogens is 268 g/mol. The Morgan fingerprint density at radius 3 is 2.10 bits per heavy atom. The summed E-state index contributed by atoms with van der Waals surface area (Å²) in [6.45, 7) is 4.19. The van der Waals surface area contributed by atoms with Crippen molar-refractivity contribution in [1.29, 1.82) is 0 Å². The standard InChI is InChI=1S/C18H29ClO/c1-3-4-5-6-7-8-9-14-18(2,20)15-16-10-12-17(19)13-11-16/h10-13,20H,3-9,14-15H2,1-2H3. The number of halogens is 1. The van der Waals surface area contributed by atoms with Crippen LogP contribution in [0.25, 0.3) is 0 Å². The van der Waals surface area contributed by atoms with E-state index in [1.54, 1.807) is 0 Å². The van der Waals surface area contributed by atoms with Gasteiger partial charge in [0.15, 0.2) is 0 Å². The van der Waals surface area contributed by atoms with Crippen LogP contribution in [0.3, 0.4) is 0 Å². The minimum absolute atomic E-state index is 0.600. The first-order valence-electron chi connectivity index (χ1n) is 8.00. The monoisotopic (exact) mass is 296 g/mol. The molecule has 1 aromatic carbocycles. The molecule has 1 N–H and O–H groups in total. The maximum Gasteiger partial charge on any atom is 0.0660 e. The molecule has 0 aliphatic heterocycles. The molecule has 0 spiro atoms. The number of aliphatic hydroxyl groups is 1. The molecule has 0 amide bonds. The van der Waals surface area contributed by atoms with E-state index in [0.717, 1.165) is 23.4 Å². The zero-order chi connectivity index (χ0) is 14.8. The molecule has 0 aliphatic rings. The molecule has 0 saturated heterocycles. The van der Waals surface area contributed by atoms with E-state index < -0.39 is 5.60 Å². The van der Waals surface area contributed by atoms with Crippen molar-refractivity contribution in [2.45, 2.75) is 77.2 Å². The maximum absolute atomic E-state index is 10.4. The Morgan fingerprint density at radius 2 is 1.50 bits per heavy atom. The maximum atomic E-state index is 10.4. The molecule has 1 aromatic rings. The Hall–Kier alpha value is -0.530.